The quantitative estimate of drug-likeness (QED) is 0.761. The summed E-state index contributed by atoms with van der Waals surface area (Å²) in [5, 5.41) is 9.97. The number of anilines is 1. The van der Waals surface area contributed by atoms with Crippen LogP contribution in [0, 0.1) is 0 Å². The third kappa shape index (κ3) is 3.02. The average molecular weight is 331 g/mol. The first-order valence-corrected chi connectivity index (χ1v) is 7.96. The SMILES string of the molecule is CC(C)(C)c1csc2ncnc(NCc3cc(C(N)=O)no3)c12. The molecule has 0 unspecified atom stereocenters. The molecule has 0 spiro atoms. The molecule has 0 aliphatic rings. The second-order valence-corrected chi connectivity index (χ2v) is 7.06. The molecule has 0 radical (unpaired) electrons. The fourth-order valence-corrected chi connectivity index (χ4v) is 3.38. The summed E-state index contributed by atoms with van der Waals surface area (Å²) < 4.78 is 5.08. The van der Waals surface area contributed by atoms with Gasteiger partial charge in [0.25, 0.3) is 5.91 Å². The van der Waals surface area contributed by atoms with E-state index in [-0.39, 0.29) is 11.1 Å². The highest BCUT2D eigenvalue weighted by Crippen LogP contribution is 2.36. The maximum absolute atomic E-state index is 11.0. The van der Waals surface area contributed by atoms with E-state index in [0.717, 1.165) is 16.0 Å². The molecule has 0 aliphatic heterocycles. The van der Waals surface area contributed by atoms with Crippen LogP contribution in [0.15, 0.2) is 22.3 Å². The fourth-order valence-electron chi connectivity index (χ4n) is 2.24. The van der Waals surface area contributed by atoms with Crippen molar-refractivity contribution in [3.05, 3.63) is 34.8 Å². The van der Waals surface area contributed by atoms with Crippen LogP contribution in [0.2, 0.25) is 0 Å². The first kappa shape index (κ1) is 15.4. The van der Waals surface area contributed by atoms with Crippen molar-refractivity contribution in [1.29, 1.82) is 0 Å². The van der Waals surface area contributed by atoms with Crippen molar-refractivity contribution in [1.82, 2.24) is 15.1 Å². The number of nitrogens with two attached hydrogens (primary N) is 1. The van der Waals surface area contributed by atoms with Crippen LogP contribution in [0.1, 0.15) is 42.6 Å². The molecule has 7 nitrogen and oxygen atoms in total. The van der Waals surface area contributed by atoms with E-state index in [1.807, 2.05) is 0 Å². The lowest BCUT2D eigenvalue weighted by molar-refractivity contribution is 0.0991. The van der Waals surface area contributed by atoms with Crippen LogP contribution in [0.4, 0.5) is 5.82 Å². The summed E-state index contributed by atoms with van der Waals surface area (Å²) in [7, 11) is 0. The van der Waals surface area contributed by atoms with E-state index in [0.29, 0.717) is 12.3 Å². The van der Waals surface area contributed by atoms with Gasteiger partial charge in [0, 0.05) is 6.07 Å². The van der Waals surface area contributed by atoms with Gasteiger partial charge in [0.2, 0.25) is 0 Å². The van der Waals surface area contributed by atoms with Gasteiger partial charge in [0.05, 0.1) is 11.9 Å². The van der Waals surface area contributed by atoms with Gasteiger partial charge in [-0.05, 0) is 16.4 Å². The number of hydrogen-bond acceptors (Lipinski definition) is 7. The number of carbonyl (C=O) groups excluding carboxylic acids is 1. The smallest absolute Gasteiger partial charge is 0.270 e. The summed E-state index contributed by atoms with van der Waals surface area (Å²) in [6.07, 6.45) is 1.53. The number of nitrogens with one attached hydrogen (secondary N) is 1. The Morgan fingerprint density at radius 1 is 1.39 bits per heavy atom. The molecule has 0 bridgehead atoms. The predicted octanol–water partition coefficient (Wildman–Crippen LogP) is 2.69. The Hall–Kier alpha value is -2.48. The average Bonchev–Trinajstić information content (AvgIpc) is 3.11. The zero-order chi connectivity index (χ0) is 16.6. The predicted molar refractivity (Wildman–Crippen MR) is 88.5 cm³/mol. The van der Waals surface area contributed by atoms with Crippen LogP contribution in [0.5, 0.6) is 0 Å². The summed E-state index contributed by atoms with van der Waals surface area (Å²) in [4.78, 5) is 20.6. The molecular weight excluding hydrogens is 314 g/mol. The Morgan fingerprint density at radius 2 is 2.17 bits per heavy atom. The van der Waals surface area contributed by atoms with Gasteiger partial charge in [-0.25, -0.2) is 9.97 Å². The van der Waals surface area contributed by atoms with Crippen molar-refractivity contribution in [2.75, 3.05) is 5.32 Å². The van der Waals surface area contributed by atoms with Crippen LogP contribution in [0.25, 0.3) is 10.2 Å². The summed E-state index contributed by atoms with van der Waals surface area (Å²) in [6, 6.07) is 1.52. The van der Waals surface area contributed by atoms with Gasteiger partial charge in [0.1, 0.15) is 17.0 Å². The number of amides is 1. The van der Waals surface area contributed by atoms with Gasteiger partial charge in [-0.3, -0.25) is 4.79 Å². The zero-order valence-corrected chi connectivity index (χ0v) is 13.9. The van der Waals surface area contributed by atoms with Gasteiger partial charge < -0.3 is 15.6 Å². The zero-order valence-electron chi connectivity index (χ0n) is 13.1. The number of fused-ring (bicyclic) bond motifs is 1. The van der Waals surface area contributed by atoms with Crippen LogP contribution < -0.4 is 11.1 Å². The molecule has 3 heterocycles. The third-order valence-electron chi connectivity index (χ3n) is 3.42. The molecule has 0 saturated carbocycles. The molecule has 3 aromatic heterocycles. The molecule has 1 amide bonds. The van der Waals surface area contributed by atoms with Gasteiger partial charge >= 0.3 is 0 Å². The highest BCUT2D eigenvalue weighted by molar-refractivity contribution is 7.17. The number of rotatable bonds is 4. The number of hydrogen-bond donors (Lipinski definition) is 2. The lowest BCUT2D eigenvalue weighted by Gasteiger charge is -2.18. The van der Waals surface area contributed by atoms with E-state index in [9.17, 15) is 4.79 Å². The van der Waals surface area contributed by atoms with Gasteiger partial charge in [-0.1, -0.05) is 25.9 Å². The molecule has 3 aromatic rings. The van der Waals surface area contributed by atoms with Gasteiger partial charge in [0.15, 0.2) is 11.5 Å². The van der Waals surface area contributed by atoms with Crippen LogP contribution in [-0.4, -0.2) is 21.0 Å². The molecule has 120 valence electrons. The third-order valence-corrected chi connectivity index (χ3v) is 4.31. The second kappa shape index (κ2) is 5.62. The van der Waals surface area contributed by atoms with Crippen molar-refractivity contribution in [3.63, 3.8) is 0 Å². The molecule has 3 N–H and O–H groups in total. The van der Waals surface area contributed by atoms with Crippen LogP contribution >= 0.6 is 11.3 Å². The summed E-state index contributed by atoms with van der Waals surface area (Å²) in [6.45, 7) is 6.81. The molecule has 23 heavy (non-hydrogen) atoms. The fraction of sp³-hybridized carbons (Fsp3) is 0.333. The molecule has 8 heteroatoms. The Bertz CT molecular complexity index is 862. The summed E-state index contributed by atoms with van der Waals surface area (Å²) in [5.41, 5.74) is 6.45. The van der Waals surface area contributed by atoms with Crippen molar-refractivity contribution >= 4 is 33.3 Å². The molecule has 0 saturated heterocycles. The lowest BCUT2D eigenvalue weighted by atomic mass is 9.87. The van der Waals surface area contributed by atoms with Gasteiger partial charge in [-0.15, -0.1) is 11.3 Å². The van der Waals surface area contributed by atoms with Gasteiger partial charge in [-0.2, -0.15) is 0 Å². The number of carbonyl (C=O) groups is 1. The maximum atomic E-state index is 11.0. The topological polar surface area (TPSA) is 107 Å². The molecule has 0 fully saturated rings. The van der Waals surface area contributed by atoms with Crippen LogP contribution in [0.3, 0.4) is 0 Å². The standard InChI is InChI=1S/C15H17N5O2S/c1-15(2,3)9-6-23-14-11(9)13(18-7-19-14)17-5-8-4-10(12(16)21)20-22-8/h4,6-7H,5H2,1-3H3,(H2,16,21)(H,17,18,19). The Labute approximate surface area is 136 Å². The second-order valence-electron chi connectivity index (χ2n) is 6.20. The van der Waals surface area contributed by atoms with E-state index in [4.69, 9.17) is 10.3 Å². The number of primary amides is 1. The first-order valence-electron chi connectivity index (χ1n) is 7.08. The summed E-state index contributed by atoms with van der Waals surface area (Å²) >= 11 is 1.60. The maximum Gasteiger partial charge on any atom is 0.270 e. The molecule has 0 atom stereocenters. The van der Waals surface area contributed by atoms with Crippen molar-refractivity contribution < 1.29 is 9.32 Å². The van der Waals surface area contributed by atoms with E-state index >= 15 is 0 Å². The highest BCUT2D eigenvalue weighted by atomic mass is 32.1. The van der Waals surface area contributed by atoms with Crippen molar-refractivity contribution in [2.24, 2.45) is 5.73 Å². The van der Waals surface area contributed by atoms with E-state index in [1.165, 1.54) is 18.0 Å². The number of nitrogens with zero attached hydrogens (tertiary/aromatic N) is 3. The highest BCUT2D eigenvalue weighted by Gasteiger charge is 2.22. The lowest BCUT2D eigenvalue weighted by Crippen LogP contribution is -2.11. The minimum Gasteiger partial charge on any atom is -0.364 e. The van der Waals surface area contributed by atoms with Crippen molar-refractivity contribution in [2.45, 2.75) is 32.7 Å². The largest absolute Gasteiger partial charge is 0.364 e. The number of thiophene rings is 1. The minimum absolute atomic E-state index is 0.00916. The molecule has 0 aromatic carbocycles. The Kier molecular flexibility index (Phi) is 3.77. The van der Waals surface area contributed by atoms with Crippen LogP contribution in [-0.2, 0) is 12.0 Å². The van der Waals surface area contributed by atoms with E-state index < -0.39 is 5.91 Å². The Morgan fingerprint density at radius 3 is 2.83 bits per heavy atom. The van der Waals surface area contributed by atoms with Crippen molar-refractivity contribution in [3.8, 4) is 0 Å². The molecule has 3 rings (SSSR count). The Balaban J connectivity index is 1.90. The monoisotopic (exact) mass is 331 g/mol. The van der Waals surface area contributed by atoms with E-state index in [1.54, 1.807) is 11.3 Å². The normalized spacial score (nSPS) is 11.8. The molecular formula is C15H17N5O2S. The molecule has 0 aliphatic carbocycles. The summed E-state index contributed by atoms with van der Waals surface area (Å²) in [5.74, 6) is 0.633. The first-order chi connectivity index (χ1) is 10.9. The van der Waals surface area contributed by atoms with E-state index in [2.05, 4.69) is 46.6 Å². The minimum atomic E-state index is -0.614. The number of aromatic nitrogens is 3.